The van der Waals surface area contributed by atoms with Gasteiger partial charge in [-0.25, -0.2) is 9.67 Å². The number of hydrogen-bond donors (Lipinski definition) is 1. The van der Waals surface area contributed by atoms with Crippen LogP contribution in [-0.2, 0) is 7.05 Å². The molecule has 3 rings (SSSR count). The highest BCUT2D eigenvalue weighted by molar-refractivity contribution is 9.11. The van der Waals surface area contributed by atoms with E-state index < -0.39 is 0 Å². The average molecular weight is 385 g/mol. The molecule has 0 amide bonds. The number of fused-ring (bicyclic) bond motifs is 1. The molecule has 0 radical (unpaired) electrons. The number of imidazole rings is 1. The first-order valence-electron chi connectivity index (χ1n) is 5.62. The summed E-state index contributed by atoms with van der Waals surface area (Å²) in [5.74, 6) is 0.443. The Morgan fingerprint density at radius 1 is 1.21 bits per heavy atom. The molecule has 2 N–H and O–H groups in total. The molecule has 0 saturated carbocycles. The van der Waals surface area contributed by atoms with Gasteiger partial charge < -0.3 is 5.73 Å². The van der Waals surface area contributed by atoms with Crippen LogP contribution in [0.2, 0.25) is 0 Å². The molecular weight excluding hydrogens is 374 g/mol. The summed E-state index contributed by atoms with van der Waals surface area (Å²) in [5.41, 5.74) is 9.56. The molecule has 0 fully saturated rings. The Hall–Kier alpha value is -1.34. The molecule has 1 aromatic carbocycles. The molecule has 0 saturated heterocycles. The maximum Gasteiger partial charge on any atom is 0.207 e. The molecule has 7 heteroatoms. The third-order valence-corrected chi connectivity index (χ3v) is 4.27. The summed E-state index contributed by atoms with van der Waals surface area (Å²) in [7, 11) is 1.89. The predicted molar refractivity (Wildman–Crippen MR) is 82.4 cm³/mol. The standard InChI is InChI=1S/C12H11Br2N5/c1-6-9-11(18(2)17-6)19(12(15)16-9)10-7(13)4-3-5-8(10)14/h3-5H,1-2H3,(H2,15,16). The first-order chi connectivity index (χ1) is 9.00. The second-order valence-corrected chi connectivity index (χ2v) is 5.97. The Morgan fingerprint density at radius 3 is 2.47 bits per heavy atom. The van der Waals surface area contributed by atoms with Gasteiger partial charge in [0.1, 0.15) is 5.52 Å². The van der Waals surface area contributed by atoms with Crippen LogP contribution >= 0.6 is 31.9 Å². The second kappa shape index (κ2) is 4.35. The summed E-state index contributed by atoms with van der Waals surface area (Å²) in [6.07, 6.45) is 0. The van der Waals surface area contributed by atoms with Crippen LogP contribution in [-0.4, -0.2) is 19.3 Å². The number of nitrogen functional groups attached to an aromatic ring is 1. The van der Waals surface area contributed by atoms with Crippen LogP contribution < -0.4 is 5.73 Å². The third kappa shape index (κ3) is 1.80. The molecule has 19 heavy (non-hydrogen) atoms. The van der Waals surface area contributed by atoms with Gasteiger partial charge >= 0.3 is 0 Å². The van der Waals surface area contributed by atoms with Gasteiger partial charge in [0, 0.05) is 16.0 Å². The van der Waals surface area contributed by atoms with Crippen LogP contribution in [0.25, 0.3) is 16.9 Å². The normalized spacial score (nSPS) is 11.4. The number of aryl methyl sites for hydroxylation is 2. The van der Waals surface area contributed by atoms with Gasteiger partial charge in [-0.05, 0) is 50.9 Å². The first kappa shape index (κ1) is 12.7. The third-order valence-electron chi connectivity index (χ3n) is 2.99. The minimum atomic E-state index is 0.443. The number of nitrogens with zero attached hydrogens (tertiary/aromatic N) is 4. The quantitative estimate of drug-likeness (QED) is 0.700. The Labute approximate surface area is 126 Å². The fourth-order valence-electron chi connectivity index (χ4n) is 2.21. The minimum Gasteiger partial charge on any atom is -0.369 e. The lowest BCUT2D eigenvalue weighted by molar-refractivity contribution is 0.762. The summed E-state index contributed by atoms with van der Waals surface area (Å²) in [6, 6.07) is 5.89. The van der Waals surface area contributed by atoms with Crippen LogP contribution in [0.5, 0.6) is 0 Å². The van der Waals surface area contributed by atoms with E-state index in [1.165, 1.54) is 0 Å². The molecule has 0 atom stereocenters. The van der Waals surface area contributed by atoms with Gasteiger partial charge in [-0.15, -0.1) is 0 Å². The topological polar surface area (TPSA) is 61.7 Å². The zero-order chi connectivity index (χ0) is 13.7. The van der Waals surface area contributed by atoms with Crippen LogP contribution in [0.15, 0.2) is 27.1 Å². The fourth-order valence-corrected chi connectivity index (χ4v) is 3.57. The van der Waals surface area contributed by atoms with E-state index in [4.69, 9.17) is 5.73 Å². The Kier molecular flexibility index (Phi) is 2.90. The summed E-state index contributed by atoms with van der Waals surface area (Å²) < 4.78 is 5.56. The highest BCUT2D eigenvalue weighted by Crippen LogP contribution is 2.34. The van der Waals surface area contributed by atoms with Crippen molar-refractivity contribution in [3.8, 4) is 5.69 Å². The molecule has 2 heterocycles. The van der Waals surface area contributed by atoms with Crippen molar-refractivity contribution < 1.29 is 0 Å². The van der Waals surface area contributed by atoms with E-state index in [0.717, 1.165) is 31.5 Å². The summed E-state index contributed by atoms with van der Waals surface area (Å²) in [4.78, 5) is 4.41. The van der Waals surface area contributed by atoms with E-state index >= 15 is 0 Å². The zero-order valence-electron chi connectivity index (χ0n) is 10.4. The molecule has 0 unspecified atom stereocenters. The number of aromatic nitrogens is 4. The minimum absolute atomic E-state index is 0.443. The molecule has 0 aliphatic heterocycles. The molecule has 0 bridgehead atoms. The van der Waals surface area contributed by atoms with Gasteiger partial charge in [-0.2, -0.15) is 5.10 Å². The number of para-hydroxylation sites is 1. The molecule has 0 aliphatic rings. The lowest BCUT2D eigenvalue weighted by atomic mass is 10.3. The monoisotopic (exact) mass is 383 g/mol. The molecule has 2 aromatic heterocycles. The highest BCUT2D eigenvalue weighted by atomic mass is 79.9. The molecular formula is C12H11Br2N5. The van der Waals surface area contributed by atoms with Gasteiger partial charge in [-0.1, -0.05) is 6.07 Å². The molecule has 5 nitrogen and oxygen atoms in total. The number of hydrogen-bond acceptors (Lipinski definition) is 3. The number of halogens is 2. The first-order valence-corrected chi connectivity index (χ1v) is 7.21. The molecule has 0 aliphatic carbocycles. The average Bonchev–Trinajstić information content (AvgIpc) is 2.79. The molecule has 3 aromatic rings. The van der Waals surface area contributed by atoms with Gasteiger partial charge in [0.25, 0.3) is 0 Å². The number of rotatable bonds is 1. The van der Waals surface area contributed by atoms with Gasteiger partial charge in [0.15, 0.2) is 5.65 Å². The van der Waals surface area contributed by atoms with E-state index in [1.54, 1.807) is 4.68 Å². The van der Waals surface area contributed by atoms with Crippen molar-refractivity contribution >= 4 is 49.0 Å². The number of benzene rings is 1. The van der Waals surface area contributed by atoms with Crippen LogP contribution in [0, 0.1) is 6.92 Å². The van der Waals surface area contributed by atoms with Crippen molar-refractivity contribution in [2.45, 2.75) is 6.92 Å². The second-order valence-electron chi connectivity index (χ2n) is 4.26. The van der Waals surface area contributed by atoms with E-state index in [2.05, 4.69) is 41.9 Å². The van der Waals surface area contributed by atoms with Crippen molar-refractivity contribution in [1.29, 1.82) is 0 Å². The van der Waals surface area contributed by atoms with Crippen LogP contribution in [0.4, 0.5) is 5.95 Å². The van der Waals surface area contributed by atoms with Crippen molar-refractivity contribution in [2.75, 3.05) is 5.73 Å². The van der Waals surface area contributed by atoms with Crippen LogP contribution in [0.1, 0.15) is 5.69 Å². The van der Waals surface area contributed by atoms with E-state index in [1.807, 2.05) is 36.7 Å². The predicted octanol–water partition coefficient (Wildman–Crippen LogP) is 3.17. The summed E-state index contributed by atoms with van der Waals surface area (Å²) in [6.45, 7) is 1.92. The maximum atomic E-state index is 6.07. The van der Waals surface area contributed by atoms with E-state index in [-0.39, 0.29) is 0 Å². The van der Waals surface area contributed by atoms with Crippen molar-refractivity contribution in [2.24, 2.45) is 7.05 Å². The Balaban J connectivity index is 2.46. The number of anilines is 1. The molecule has 0 spiro atoms. The SMILES string of the molecule is Cc1nn(C)c2c1nc(N)n2-c1c(Br)cccc1Br. The van der Waals surface area contributed by atoms with Crippen LogP contribution in [0.3, 0.4) is 0 Å². The Morgan fingerprint density at radius 2 is 1.84 bits per heavy atom. The van der Waals surface area contributed by atoms with E-state index in [0.29, 0.717) is 5.95 Å². The molecule has 98 valence electrons. The lowest BCUT2D eigenvalue weighted by Gasteiger charge is -2.11. The highest BCUT2D eigenvalue weighted by Gasteiger charge is 2.19. The van der Waals surface area contributed by atoms with Crippen molar-refractivity contribution in [1.82, 2.24) is 19.3 Å². The Bertz CT molecular complexity index is 767. The zero-order valence-corrected chi connectivity index (χ0v) is 13.5. The smallest absolute Gasteiger partial charge is 0.207 e. The maximum absolute atomic E-state index is 6.07. The van der Waals surface area contributed by atoms with Gasteiger partial charge in [0.2, 0.25) is 5.95 Å². The largest absolute Gasteiger partial charge is 0.369 e. The van der Waals surface area contributed by atoms with Crippen molar-refractivity contribution in [3.05, 3.63) is 32.8 Å². The van der Waals surface area contributed by atoms with Gasteiger partial charge in [-0.3, -0.25) is 4.57 Å². The fraction of sp³-hybridized carbons (Fsp3) is 0.167. The summed E-state index contributed by atoms with van der Waals surface area (Å²) >= 11 is 7.11. The van der Waals surface area contributed by atoms with E-state index in [9.17, 15) is 0 Å². The number of nitrogens with two attached hydrogens (primary N) is 1. The lowest BCUT2D eigenvalue weighted by Crippen LogP contribution is -2.06. The summed E-state index contributed by atoms with van der Waals surface area (Å²) in [5, 5.41) is 4.38. The van der Waals surface area contributed by atoms with Gasteiger partial charge in [0.05, 0.1) is 11.4 Å². The van der Waals surface area contributed by atoms with Crippen molar-refractivity contribution in [3.63, 3.8) is 0 Å².